The number of aliphatic hydroxyl groups is 2. The average molecular weight is 375 g/mol. The van der Waals surface area contributed by atoms with E-state index < -0.39 is 46.9 Å². The lowest BCUT2D eigenvalue weighted by atomic mass is 9.61. The van der Waals surface area contributed by atoms with Crippen LogP contribution in [0.1, 0.15) is 39.0 Å². The quantitative estimate of drug-likeness (QED) is 0.411. The van der Waals surface area contributed by atoms with Gasteiger partial charge in [-0.1, -0.05) is 31.9 Å². The summed E-state index contributed by atoms with van der Waals surface area (Å²) in [4.78, 5) is 40.0. The normalized spacial score (nSPS) is 50.6. The van der Waals surface area contributed by atoms with E-state index in [4.69, 9.17) is 4.74 Å². The van der Waals surface area contributed by atoms with Crippen molar-refractivity contribution in [2.24, 2.45) is 29.6 Å². The summed E-state index contributed by atoms with van der Waals surface area (Å²) in [5.41, 5.74) is -4.40. The molecule has 2 aliphatic carbocycles. The molecular weight excluding hydrogens is 350 g/mol. The van der Waals surface area contributed by atoms with Gasteiger partial charge in [-0.15, -0.1) is 0 Å². The third kappa shape index (κ3) is 1.92. The molecule has 1 saturated carbocycles. The zero-order chi connectivity index (χ0) is 19.1. The first kappa shape index (κ1) is 17.4. The number of carbonyl (C=O) groups excluding carboxylic acids is 3. The molecule has 27 heavy (non-hydrogen) atoms. The predicted molar refractivity (Wildman–Crippen MR) is 91.8 cm³/mol. The highest BCUT2D eigenvalue weighted by Gasteiger charge is 2.80. The van der Waals surface area contributed by atoms with E-state index >= 15 is 0 Å². The van der Waals surface area contributed by atoms with Crippen molar-refractivity contribution in [2.45, 2.75) is 56.5 Å². The number of ketones is 1. The van der Waals surface area contributed by atoms with Crippen molar-refractivity contribution in [3.05, 3.63) is 12.2 Å². The van der Waals surface area contributed by atoms with Crippen LogP contribution in [0.25, 0.3) is 0 Å². The molecule has 8 atom stereocenters. The Morgan fingerprint density at radius 3 is 2.70 bits per heavy atom. The molecule has 146 valence electrons. The van der Waals surface area contributed by atoms with Gasteiger partial charge in [0.15, 0.2) is 17.6 Å². The van der Waals surface area contributed by atoms with Crippen LogP contribution in [-0.2, 0) is 19.1 Å². The second-order valence-electron chi connectivity index (χ2n) is 8.91. The number of esters is 1. The van der Waals surface area contributed by atoms with E-state index in [2.05, 4.69) is 6.08 Å². The van der Waals surface area contributed by atoms with Crippen molar-refractivity contribution in [1.82, 2.24) is 4.90 Å². The summed E-state index contributed by atoms with van der Waals surface area (Å²) in [5.74, 6) is -3.24. The van der Waals surface area contributed by atoms with Crippen molar-refractivity contribution in [2.75, 3.05) is 6.54 Å². The van der Waals surface area contributed by atoms with Gasteiger partial charge in [-0.25, -0.2) is 0 Å². The lowest BCUT2D eigenvalue weighted by molar-refractivity contribution is -0.173. The Kier molecular flexibility index (Phi) is 3.48. The number of ether oxygens (including phenoxy) is 1. The third-order valence-corrected chi connectivity index (χ3v) is 7.68. The maximum Gasteiger partial charge on any atom is 0.314 e. The fourth-order valence-corrected chi connectivity index (χ4v) is 6.34. The lowest BCUT2D eigenvalue weighted by Crippen LogP contribution is -2.59. The van der Waals surface area contributed by atoms with Crippen LogP contribution in [0.5, 0.6) is 0 Å². The Hall–Kier alpha value is -1.73. The van der Waals surface area contributed by atoms with Crippen molar-refractivity contribution in [3.63, 3.8) is 0 Å². The molecule has 2 N–H and O–H groups in total. The standard InChI is InChI=1S/C20H25NO6/c1-10-6-7-11-4-2-3-5-12(11)14(10)15(22)19(25)17-20(26)13(16(23)27-17)8-9-21(20)18(19)24/h6-7,10-14,17,25-26H,2-5,8-9H2,1H3/t10-,11+,12-,13-,14?,17-,19-,20+/m0/s1. The van der Waals surface area contributed by atoms with E-state index in [1.807, 2.05) is 13.0 Å². The van der Waals surface area contributed by atoms with Gasteiger partial charge in [0.25, 0.3) is 5.91 Å². The molecule has 0 aromatic heterocycles. The Morgan fingerprint density at radius 2 is 1.93 bits per heavy atom. The molecule has 4 fully saturated rings. The zero-order valence-corrected chi connectivity index (χ0v) is 15.3. The molecule has 3 saturated heterocycles. The van der Waals surface area contributed by atoms with Gasteiger partial charge in [-0.05, 0) is 37.0 Å². The van der Waals surface area contributed by atoms with Crippen LogP contribution in [0.3, 0.4) is 0 Å². The first-order chi connectivity index (χ1) is 12.8. The maximum atomic E-state index is 13.6. The molecule has 0 bridgehead atoms. The van der Waals surface area contributed by atoms with Crippen LogP contribution < -0.4 is 0 Å². The van der Waals surface area contributed by atoms with Crippen molar-refractivity contribution in [1.29, 1.82) is 0 Å². The first-order valence-electron chi connectivity index (χ1n) is 10.0. The van der Waals surface area contributed by atoms with Gasteiger partial charge in [0.05, 0.1) is 0 Å². The number of Topliss-reactive ketones (excluding diaryl/α,β-unsaturated/α-hetero) is 1. The van der Waals surface area contributed by atoms with Crippen molar-refractivity contribution < 1.29 is 29.3 Å². The molecule has 1 unspecified atom stereocenters. The molecule has 0 aromatic rings. The van der Waals surface area contributed by atoms with Crippen molar-refractivity contribution in [3.8, 4) is 0 Å². The number of fused-ring (bicyclic) bond motifs is 1. The largest absolute Gasteiger partial charge is 0.453 e. The van der Waals surface area contributed by atoms with Gasteiger partial charge >= 0.3 is 5.97 Å². The topological polar surface area (TPSA) is 104 Å². The van der Waals surface area contributed by atoms with Crippen LogP contribution >= 0.6 is 0 Å². The number of amides is 1. The number of carbonyl (C=O) groups is 3. The fraction of sp³-hybridized carbons (Fsp3) is 0.750. The highest BCUT2D eigenvalue weighted by Crippen LogP contribution is 2.55. The zero-order valence-electron chi connectivity index (χ0n) is 15.3. The molecule has 7 nitrogen and oxygen atoms in total. The summed E-state index contributed by atoms with van der Waals surface area (Å²) in [6, 6.07) is 0. The molecule has 0 radical (unpaired) electrons. The lowest BCUT2D eigenvalue weighted by Gasteiger charge is -2.42. The molecule has 0 aromatic carbocycles. The summed E-state index contributed by atoms with van der Waals surface area (Å²) in [5, 5.41) is 22.4. The minimum absolute atomic E-state index is 0.0704. The Labute approximate surface area is 157 Å². The Bertz CT molecular complexity index is 764. The fourth-order valence-electron chi connectivity index (χ4n) is 6.34. The Morgan fingerprint density at radius 1 is 1.19 bits per heavy atom. The maximum absolute atomic E-state index is 13.6. The van der Waals surface area contributed by atoms with Crippen molar-refractivity contribution >= 4 is 17.7 Å². The van der Waals surface area contributed by atoms with E-state index in [-0.39, 0.29) is 30.7 Å². The highest BCUT2D eigenvalue weighted by molar-refractivity contribution is 6.14. The second-order valence-corrected chi connectivity index (χ2v) is 8.91. The molecule has 5 rings (SSSR count). The van der Waals surface area contributed by atoms with E-state index in [0.29, 0.717) is 0 Å². The first-order valence-corrected chi connectivity index (χ1v) is 10.0. The Balaban J connectivity index is 1.55. The van der Waals surface area contributed by atoms with E-state index in [1.54, 1.807) is 0 Å². The SMILES string of the molecule is C[C@H]1C=C[C@H]2CCCC[C@@H]2C1C(=O)[C@@]1(O)C(=O)N2CC[C@H]3C(=O)O[C@@H]1[C@]32O. The molecule has 7 heteroatoms. The second kappa shape index (κ2) is 5.41. The summed E-state index contributed by atoms with van der Waals surface area (Å²) in [7, 11) is 0. The van der Waals surface area contributed by atoms with Crippen LogP contribution in [0.15, 0.2) is 12.2 Å². The minimum Gasteiger partial charge on any atom is -0.453 e. The van der Waals surface area contributed by atoms with E-state index in [9.17, 15) is 24.6 Å². The monoisotopic (exact) mass is 375 g/mol. The molecule has 0 spiro atoms. The number of hydrogen-bond acceptors (Lipinski definition) is 6. The molecule has 5 aliphatic rings. The van der Waals surface area contributed by atoms with E-state index in [1.165, 1.54) is 0 Å². The third-order valence-electron chi connectivity index (χ3n) is 7.68. The van der Waals surface area contributed by atoms with Gasteiger partial charge in [-0.3, -0.25) is 14.4 Å². The summed E-state index contributed by atoms with van der Waals surface area (Å²) in [6.45, 7) is 2.07. The van der Waals surface area contributed by atoms with Gasteiger partial charge in [0.2, 0.25) is 5.60 Å². The van der Waals surface area contributed by atoms with Gasteiger partial charge in [-0.2, -0.15) is 0 Å². The average Bonchev–Trinajstić information content (AvgIpc) is 3.19. The minimum atomic E-state index is -2.49. The van der Waals surface area contributed by atoms with Crippen LogP contribution in [0, 0.1) is 29.6 Å². The van der Waals surface area contributed by atoms with Gasteiger partial charge < -0.3 is 19.8 Å². The number of nitrogens with zero attached hydrogens (tertiary/aromatic N) is 1. The smallest absolute Gasteiger partial charge is 0.314 e. The van der Waals surface area contributed by atoms with Crippen LogP contribution in [0.4, 0.5) is 0 Å². The van der Waals surface area contributed by atoms with Crippen LogP contribution in [0.2, 0.25) is 0 Å². The summed E-state index contributed by atoms with van der Waals surface area (Å²) >= 11 is 0. The molecular formula is C20H25NO6. The van der Waals surface area contributed by atoms with Gasteiger partial charge in [0.1, 0.15) is 5.92 Å². The number of allylic oxidation sites excluding steroid dienone is 2. The summed E-state index contributed by atoms with van der Waals surface area (Å²) in [6.07, 6.45) is 6.92. The number of rotatable bonds is 2. The highest BCUT2D eigenvalue weighted by atomic mass is 16.6. The van der Waals surface area contributed by atoms with Gasteiger partial charge in [0, 0.05) is 12.5 Å². The van der Waals surface area contributed by atoms with E-state index in [0.717, 1.165) is 30.6 Å². The number of hydrogen-bond donors (Lipinski definition) is 2. The van der Waals surface area contributed by atoms with Crippen LogP contribution in [-0.4, -0.2) is 56.7 Å². The molecule has 1 amide bonds. The summed E-state index contributed by atoms with van der Waals surface area (Å²) < 4.78 is 5.25. The molecule has 3 aliphatic heterocycles. The molecule has 3 heterocycles. The predicted octanol–water partition coefficient (Wildman–Crippen LogP) is 0.391.